The van der Waals surface area contributed by atoms with Gasteiger partial charge in [0.15, 0.2) is 0 Å². The lowest BCUT2D eigenvalue weighted by Crippen LogP contribution is -2.34. The smallest absolute Gasteiger partial charge is 0.254 e. The highest BCUT2D eigenvalue weighted by Gasteiger charge is 2.21. The fourth-order valence-corrected chi connectivity index (χ4v) is 3.77. The van der Waals surface area contributed by atoms with Gasteiger partial charge in [-0.2, -0.15) is 0 Å². The third kappa shape index (κ3) is 4.61. The van der Waals surface area contributed by atoms with Crippen molar-refractivity contribution >= 4 is 32.9 Å². The zero-order valence-electron chi connectivity index (χ0n) is 16.5. The van der Waals surface area contributed by atoms with E-state index in [4.69, 9.17) is 4.98 Å². The van der Waals surface area contributed by atoms with Crippen molar-refractivity contribution in [3.8, 4) is 0 Å². The molecule has 0 N–H and O–H groups in total. The van der Waals surface area contributed by atoms with Crippen LogP contribution in [0.25, 0.3) is 11.0 Å². The molecule has 1 amide bonds. The van der Waals surface area contributed by atoms with Crippen LogP contribution in [0.1, 0.15) is 43.4 Å². The van der Waals surface area contributed by atoms with Gasteiger partial charge >= 0.3 is 0 Å². The van der Waals surface area contributed by atoms with Gasteiger partial charge in [-0.1, -0.05) is 42.8 Å². The molecule has 0 aliphatic carbocycles. The van der Waals surface area contributed by atoms with Crippen LogP contribution in [-0.2, 0) is 13.1 Å². The average Bonchev–Trinajstić information content (AvgIpc) is 2.97. The summed E-state index contributed by atoms with van der Waals surface area (Å²) >= 11 is 3.44. The monoisotopic (exact) mass is 445 g/mol. The topological polar surface area (TPSA) is 38.1 Å². The molecule has 0 radical (unpaired) electrons. The van der Waals surface area contributed by atoms with Crippen LogP contribution < -0.4 is 0 Å². The van der Waals surface area contributed by atoms with Crippen LogP contribution in [0.5, 0.6) is 0 Å². The van der Waals surface area contributed by atoms with Gasteiger partial charge in [0.2, 0.25) is 0 Å². The lowest BCUT2D eigenvalue weighted by Gasteiger charge is -2.25. The molecule has 0 bridgehead atoms. The van der Waals surface area contributed by atoms with Crippen molar-refractivity contribution < 1.29 is 9.18 Å². The van der Waals surface area contributed by atoms with Gasteiger partial charge in [-0.05, 0) is 48.7 Å². The Morgan fingerprint density at radius 3 is 2.71 bits per heavy atom. The predicted molar refractivity (Wildman–Crippen MR) is 114 cm³/mol. The van der Waals surface area contributed by atoms with Gasteiger partial charge in [0.1, 0.15) is 11.6 Å². The fourth-order valence-electron chi connectivity index (χ4n) is 3.37. The summed E-state index contributed by atoms with van der Waals surface area (Å²) in [6.45, 7) is 8.00. The number of carbonyl (C=O) groups is 1. The van der Waals surface area contributed by atoms with E-state index in [0.29, 0.717) is 24.6 Å². The molecule has 2 aromatic carbocycles. The molecular weight excluding hydrogens is 421 g/mol. The van der Waals surface area contributed by atoms with Gasteiger partial charge in [-0.15, -0.1) is 0 Å². The van der Waals surface area contributed by atoms with E-state index in [1.165, 1.54) is 12.1 Å². The van der Waals surface area contributed by atoms with Crippen LogP contribution in [0.2, 0.25) is 0 Å². The summed E-state index contributed by atoms with van der Waals surface area (Å²) in [6.07, 6.45) is 0.902. The molecule has 1 aromatic heterocycles. The van der Waals surface area contributed by atoms with Crippen molar-refractivity contribution in [3.63, 3.8) is 0 Å². The number of benzene rings is 2. The number of hydrogen-bond donors (Lipinski definition) is 0. The molecule has 148 valence electrons. The molecule has 1 heterocycles. The van der Waals surface area contributed by atoms with Crippen LogP contribution in [0.3, 0.4) is 0 Å². The standard InChI is InChI=1S/C22H25BrFN3O/c1-4-10-27-20-12-18(24)8-9-19(20)25-21(27)14-26(13-15(2)3)22(28)16-6-5-7-17(23)11-16/h5-9,11-12,15H,4,10,13-14H2,1-3H3. The lowest BCUT2D eigenvalue weighted by atomic mass is 10.1. The maximum absolute atomic E-state index is 13.8. The van der Waals surface area contributed by atoms with Crippen molar-refractivity contribution in [3.05, 3.63) is 64.1 Å². The molecule has 3 rings (SSSR count). The van der Waals surface area contributed by atoms with E-state index in [9.17, 15) is 9.18 Å². The molecule has 0 fully saturated rings. The summed E-state index contributed by atoms with van der Waals surface area (Å²) < 4.78 is 16.7. The summed E-state index contributed by atoms with van der Waals surface area (Å²) in [6, 6.07) is 12.1. The zero-order chi connectivity index (χ0) is 20.3. The first-order valence-corrected chi connectivity index (χ1v) is 10.4. The Morgan fingerprint density at radius 1 is 1.25 bits per heavy atom. The van der Waals surface area contributed by atoms with Crippen LogP contribution in [0, 0.1) is 11.7 Å². The number of hydrogen-bond acceptors (Lipinski definition) is 2. The highest BCUT2D eigenvalue weighted by molar-refractivity contribution is 9.10. The summed E-state index contributed by atoms with van der Waals surface area (Å²) in [5.41, 5.74) is 2.17. The number of aryl methyl sites for hydroxylation is 1. The average molecular weight is 446 g/mol. The van der Waals surface area contributed by atoms with E-state index in [-0.39, 0.29) is 11.7 Å². The number of imidazole rings is 1. The Hall–Kier alpha value is -2.21. The van der Waals surface area contributed by atoms with E-state index in [1.54, 1.807) is 6.07 Å². The molecule has 0 unspecified atom stereocenters. The number of amides is 1. The maximum Gasteiger partial charge on any atom is 0.254 e. The summed E-state index contributed by atoms with van der Waals surface area (Å²) in [7, 11) is 0. The first kappa shape index (κ1) is 20.5. The quantitative estimate of drug-likeness (QED) is 0.471. The molecule has 0 saturated carbocycles. The van der Waals surface area contributed by atoms with Crippen molar-refractivity contribution in [1.82, 2.24) is 14.5 Å². The van der Waals surface area contributed by atoms with Gasteiger partial charge in [0, 0.05) is 23.1 Å². The van der Waals surface area contributed by atoms with Crippen molar-refractivity contribution in [2.75, 3.05) is 6.54 Å². The minimum absolute atomic E-state index is 0.0312. The van der Waals surface area contributed by atoms with Crippen molar-refractivity contribution in [2.45, 2.75) is 40.3 Å². The first-order valence-electron chi connectivity index (χ1n) is 9.58. The third-order valence-corrected chi connectivity index (χ3v) is 5.01. The van der Waals surface area contributed by atoms with Crippen molar-refractivity contribution in [2.24, 2.45) is 5.92 Å². The molecule has 6 heteroatoms. The van der Waals surface area contributed by atoms with Crippen LogP contribution in [-0.4, -0.2) is 26.9 Å². The molecular formula is C22H25BrFN3O. The predicted octanol–water partition coefficient (Wildman–Crippen LogP) is 5.65. The highest BCUT2D eigenvalue weighted by atomic mass is 79.9. The van der Waals surface area contributed by atoms with E-state index in [1.807, 2.05) is 33.7 Å². The number of rotatable bonds is 7. The second kappa shape index (κ2) is 8.86. The Labute approximate surface area is 173 Å². The van der Waals surface area contributed by atoms with Gasteiger partial charge in [-0.3, -0.25) is 4.79 Å². The number of carbonyl (C=O) groups excluding carboxylic acids is 1. The minimum atomic E-state index is -0.277. The minimum Gasteiger partial charge on any atom is -0.331 e. The van der Waals surface area contributed by atoms with E-state index < -0.39 is 0 Å². The molecule has 3 aromatic rings. The van der Waals surface area contributed by atoms with Gasteiger partial charge in [-0.25, -0.2) is 9.37 Å². The Balaban J connectivity index is 1.98. The molecule has 28 heavy (non-hydrogen) atoms. The second-order valence-electron chi connectivity index (χ2n) is 7.40. The Kier molecular flexibility index (Phi) is 6.50. The third-order valence-electron chi connectivity index (χ3n) is 4.51. The number of nitrogens with zero attached hydrogens (tertiary/aromatic N) is 3. The van der Waals surface area contributed by atoms with E-state index in [2.05, 4.69) is 36.7 Å². The number of aromatic nitrogens is 2. The molecule has 0 spiro atoms. The van der Waals surface area contributed by atoms with Crippen LogP contribution >= 0.6 is 15.9 Å². The summed E-state index contributed by atoms with van der Waals surface area (Å²) in [5.74, 6) is 0.792. The molecule has 0 aliphatic heterocycles. The zero-order valence-corrected chi connectivity index (χ0v) is 18.0. The van der Waals surface area contributed by atoms with E-state index >= 15 is 0 Å². The van der Waals surface area contributed by atoms with Crippen LogP contribution in [0.15, 0.2) is 46.9 Å². The fraction of sp³-hybridized carbons (Fsp3) is 0.364. The van der Waals surface area contributed by atoms with Crippen LogP contribution in [0.4, 0.5) is 4.39 Å². The highest BCUT2D eigenvalue weighted by Crippen LogP contribution is 2.21. The first-order chi connectivity index (χ1) is 13.4. The Bertz CT molecular complexity index is 983. The SMILES string of the molecule is CCCn1c(CN(CC(C)C)C(=O)c2cccc(Br)c2)nc2ccc(F)cc21. The summed E-state index contributed by atoms with van der Waals surface area (Å²) in [5, 5.41) is 0. The molecule has 0 saturated heterocycles. The largest absolute Gasteiger partial charge is 0.331 e. The van der Waals surface area contributed by atoms with E-state index in [0.717, 1.165) is 34.3 Å². The molecule has 0 atom stereocenters. The van der Waals surface area contributed by atoms with Gasteiger partial charge < -0.3 is 9.47 Å². The van der Waals surface area contributed by atoms with Gasteiger partial charge in [0.25, 0.3) is 5.91 Å². The van der Waals surface area contributed by atoms with Crippen molar-refractivity contribution in [1.29, 1.82) is 0 Å². The normalized spacial score (nSPS) is 11.4. The lowest BCUT2D eigenvalue weighted by molar-refractivity contribution is 0.0716. The Morgan fingerprint density at radius 2 is 2.04 bits per heavy atom. The maximum atomic E-state index is 13.8. The number of halogens is 2. The second-order valence-corrected chi connectivity index (χ2v) is 8.32. The number of fused-ring (bicyclic) bond motifs is 1. The summed E-state index contributed by atoms with van der Waals surface area (Å²) in [4.78, 5) is 19.7. The van der Waals surface area contributed by atoms with Gasteiger partial charge in [0.05, 0.1) is 17.6 Å². The molecule has 4 nitrogen and oxygen atoms in total. The molecule has 0 aliphatic rings.